The first-order valence-electron chi connectivity index (χ1n) is 7.08. The summed E-state index contributed by atoms with van der Waals surface area (Å²) in [6.07, 6.45) is 4.45. The van der Waals surface area contributed by atoms with Gasteiger partial charge in [0.25, 0.3) is 0 Å². The molecule has 0 saturated carbocycles. The summed E-state index contributed by atoms with van der Waals surface area (Å²) in [6, 6.07) is 15.6. The van der Waals surface area contributed by atoms with Crippen molar-refractivity contribution in [3.63, 3.8) is 0 Å². The minimum absolute atomic E-state index is 0.669. The molecule has 3 nitrogen and oxygen atoms in total. The van der Waals surface area contributed by atoms with E-state index in [0.717, 1.165) is 21.4 Å². The van der Waals surface area contributed by atoms with Crippen molar-refractivity contribution in [1.82, 2.24) is 9.55 Å². The largest absolute Gasteiger partial charge is 0.330 e. The van der Waals surface area contributed by atoms with Crippen molar-refractivity contribution in [3.05, 3.63) is 86.9 Å². The first-order valence-corrected chi connectivity index (χ1v) is 8.25. The van der Waals surface area contributed by atoms with Crippen molar-refractivity contribution in [2.45, 2.75) is 13.0 Å². The Hall–Kier alpha value is -2.09. The van der Waals surface area contributed by atoms with Crippen LogP contribution in [0.3, 0.4) is 0 Å². The highest BCUT2D eigenvalue weighted by atomic mass is 79.9. The van der Waals surface area contributed by atoms with Crippen molar-refractivity contribution in [2.24, 2.45) is 0 Å². The third-order valence-electron chi connectivity index (χ3n) is 3.50. The van der Waals surface area contributed by atoms with Crippen LogP contribution >= 0.6 is 27.5 Å². The Bertz CT molecular complexity index is 860. The van der Waals surface area contributed by atoms with Gasteiger partial charge in [-0.2, -0.15) is 5.26 Å². The van der Waals surface area contributed by atoms with Gasteiger partial charge < -0.3 is 4.57 Å². The van der Waals surface area contributed by atoms with E-state index >= 15 is 0 Å². The molecule has 5 heteroatoms. The molecule has 0 N–H and O–H groups in total. The van der Waals surface area contributed by atoms with E-state index in [-0.39, 0.29) is 0 Å². The Morgan fingerprint density at radius 1 is 1.17 bits per heavy atom. The lowest BCUT2D eigenvalue weighted by atomic mass is 10.1. The number of rotatable bonds is 4. The number of aromatic nitrogens is 2. The quantitative estimate of drug-likeness (QED) is 0.645. The van der Waals surface area contributed by atoms with E-state index in [9.17, 15) is 0 Å². The second-order valence-corrected chi connectivity index (χ2v) is 6.59. The zero-order chi connectivity index (χ0) is 16.2. The molecule has 1 heterocycles. The van der Waals surface area contributed by atoms with Crippen LogP contribution in [-0.2, 0) is 13.0 Å². The number of benzene rings is 2. The van der Waals surface area contributed by atoms with Crippen LogP contribution in [0.2, 0.25) is 5.02 Å². The Labute approximate surface area is 148 Å². The molecule has 0 amide bonds. The fourth-order valence-corrected chi connectivity index (χ4v) is 3.41. The van der Waals surface area contributed by atoms with Gasteiger partial charge in [0.15, 0.2) is 0 Å². The fraction of sp³-hybridized carbons (Fsp3) is 0.111. The topological polar surface area (TPSA) is 41.6 Å². The smallest absolute Gasteiger partial charge is 0.113 e. The molecule has 0 spiro atoms. The molecule has 3 aromatic rings. The van der Waals surface area contributed by atoms with Gasteiger partial charge in [-0.05, 0) is 41.5 Å². The van der Waals surface area contributed by atoms with Gasteiger partial charge >= 0.3 is 0 Å². The van der Waals surface area contributed by atoms with Gasteiger partial charge in [0, 0.05) is 34.9 Å². The highest BCUT2D eigenvalue weighted by Crippen LogP contribution is 2.21. The van der Waals surface area contributed by atoms with Gasteiger partial charge in [-0.1, -0.05) is 39.7 Å². The summed E-state index contributed by atoms with van der Waals surface area (Å²) >= 11 is 9.57. The van der Waals surface area contributed by atoms with Crippen LogP contribution in [0.5, 0.6) is 0 Å². The molecule has 2 aromatic carbocycles. The maximum atomic E-state index is 9.00. The molecule has 1 aromatic heterocycles. The van der Waals surface area contributed by atoms with Crippen LogP contribution in [0.4, 0.5) is 0 Å². The van der Waals surface area contributed by atoms with Crippen LogP contribution in [0.25, 0.3) is 0 Å². The normalized spacial score (nSPS) is 10.5. The summed E-state index contributed by atoms with van der Waals surface area (Å²) in [4.78, 5) is 4.45. The summed E-state index contributed by atoms with van der Waals surface area (Å²) in [5.74, 6) is 0.960. The molecule has 0 fully saturated rings. The lowest BCUT2D eigenvalue weighted by molar-refractivity contribution is 0.740. The number of hydrogen-bond acceptors (Lipinski definition) is 2. The molecule has 0 radical (unpaired) electrons. The van der Waals surface area contributed by atoms with Gasteiger partial charge in [0.1, 0.15) is 5.82 Å². The Morgan fingerprint density at radius 2 is 2.04 bits per heavy atom. The van der Waals surface area contributed by atoms with E-state index in [1.165, 1.54) is 0 Å². The number of hydrogen-bond donors (Lipinski definition) is 0. The third kappa shape index (κ3) is 4.01. The van der Waals surface area contributed by atoms with Gasteiger partial charge in [-0.25, -0.2) is 4.98 Å². The van der Waals surface area contributed by atoms with Crippen LogP contribution < -0.4 is 0 Å². The Morgan fingerprint density at radius 3 is 2.83 bits per heavy atom. The summed E-state index contributed by atoms with van der Waals surface area (Å²) in [7, 11) is 0. The average molecular weight is 387 g/mol. The maximum absolute atomic E-state index is 9.00. The number of halogens is 2. The minimum Gasteiger partial charge on any atom is -0.330 e. The lowest BCUT2D eigenvalue weighted by Gasteiger charge is -2.09. The van der Waals surface area contributed by atoms with Gasteiger partial charge in [-0.15, -0.1) is 0 Å². The zero-order valence-corrected chi connectivity index (χ0v) is 14.5. The van der Waals surface area contributed by atoms with Crippen LogP contribution in [0.15, 0.2) is 59.3 Å². The second kappa shape index (κ2) is 6.99. The predicted octanol–water partition coefficient (Wildman–Crippen LogP) is 4.81. The molecule has 0 atom stereocenters. The molecule has 0 saturated heterocycles. The molecule has 0 bridgehead atoms. The van der Waals surface area contributed by atoms with Crippen molar-refractivity contribution in [1.29, 1.82) is 5.26 Å². The van der Waals surface area contributed by atoms with Gasteiger partial charge in [0.2, 0.25) is 0 Å². The SMILES string of the molecule is N#Cc1cccc(Cn2ccnc2Cc2cc(Cl)cc(Br)c2)c1. The monoisotopic (exact) mass is 385 g/mol. The molecule has 0 aliphatic rings. The summed E-state index contributed by atoms with van der Waals surface area (Å²) in [5.41, 5.74) is 2.85. The van der Waals surface area contributed by atoms with Crippen molar-refractivity contribution < 1.29 is 0 Å². The molecular weight excluding hydrogens is 374 g/mol. The highest BCUT2D eigenvalue weighted by Gasteiger charge is 2.07. The van der Waals surface area contributed by atoms with Crippen LogP contribution in [-0.4, -0.2) is 9.55 Å². The minimum atomic E-state index is 0.669. The molecular formula is C18H13BrClN3. The molecule has 0 unspecified atom stereocenters. The van der Waals surface area contributed by atoms with E-state index in [1.807, 2.05) is 48.7 Å². The Kier molecular flexibility index (Phi) is 4.80. The number of nitrogens with zero attached hydrogens (tertiary/aromatic N) is 3. The van der Waals surface area contributed by atoms with Crippen molar-refractivity contribution >= 4 is 27.5 Å². The summed E-state index contributed by atoms with van der Waals surface area (Å²) in [6.45, 7) is 0.687. The average Bonchev–Trinajstić information content (AvgIpc) is 2.93. The third-order valence-corrected chi connectivity index (χ3v) is 4.17. The van der Waals surface area contributed by atoms with E-state index in [2.05, 4.69) is 31.6 Å². The molecule has 23 heavy (non-hydrogen) atoms. The second-order valence-electron chi connectivity index (χ2n) is 5.24. The fourth-order valence-electron chi connectivity index (χ4n) is 2.48. The predicted molar refractivity (Wildman–Crippen MR) is 94.4 cm³/mol. The maximum Gasteiger partial charge on any atom is 0.113 e. The highest BCUT2D eigenvalue weighted by molar-refractivity contribution is 9.10. The molecule has 0 aliphatic heterocycles. The first-order chi connectivity index (χ1) is 11.1. The lowest BCUT2D eigenvalue weighted by Crippen LogP contribution is -2.05. The van der Waals surface area contributed by atoms with Crippen LogP contribution in [0, 0.1) is 11.3 Å². The first kappa shape index (κ1) is 15.8. The Balaban J connectivity index is 1.83. The van der Waals surface area contributed by atoms with E-state index in [0.29, 0.717) is 23.6 Å². The number of nitriles is 1. The summed E-state index contributed by atoms with van der Waals surface area (Å²) < 4.78 is 3.05. The van der Waals surface area contributed by atoms with Crippen molar-refractivity contribution in [3.8, 4) is 6.07 Å². The van der Waals surface area contributed by atoms with Crippen molar-refractivity contribution in [2.75, 3.05) is 0 Å². The van der Waals surface area contributed by atoms with Gasteiger partial charge in [-0.3, -0.25) is 0 Å². The van der Waals surface area contributed by atoms with E-state index < -0.39 is 0 Å². The number of imidazole rings is 1. The molecule has 3 rings (SSSR count). The standard InChI is InChI=1S/C18H13BrClN3/c19-16-7-15(8-17(20)10-16)9-18-22-4-5-23(18)12-14-3-1-2-13(6-14)11-21/h1-8,10H,9,12H2. The zero-order valence-electron chi connectivity index (χ0n) is 12.2. The van der Waals surface area contributed by atoms with E-state index in [4.69, 9.17) is 16.9 Å². The van der Waals surface area contributed by atoms with Gasteiger partial charge in [0.05, 0.1) is 11.6 Å². The molecule has 114 valence electrons. The summed E-state index contributed by atoms with van der Waals surface area (Å²) in [5, 5.41) is 9.71. The van der Waals surface area contributed by atoms with Crippen LogP contribution in [0.1, 0.15) is 22.5 Å². The molecule has 0 aliphatic carbocycles. The van der Waals surface area contributed by atoms with E-state index in [1.54, 1.807) is 6.20 Å².